The number of carbonyl (C=O) groups is 1. The van der Waals surface area contributed by atoms with Gasteiger partial charge in [0.05, 0.1) is 20.3 Å². The molecule has 2 aromatic rings. The van der Waals surface area contributed by atoms with E-state index < -0.39 is 0 Å². The third-order valence-corrected chi connectivity index (χ3v) is 3.99. The van der Waals surface area contributed by atoms with Crippen LogP contribution in [0.3, 0.4) is 0 Å². The van der Waals surface area contributed by atoms with Gasteiger partial charge in [0.15, 0.2) is 0 Å². The summed E-state index contributed by atoms with van der Waals surface area (Å²) in [6, 6.07) is 15.1. The molecule has 0 bridgehead atoms. The van der Waals surface area contributed by atoms with Crippen LogP contribution in [-0.4, -0.2) is 26.2 Å². The Morgan fingerprint density at radius 3 is 1.96 bits per heavy atom. The van der Waals surface area contributed by atoms with Crippen LogP contribution in [0.2, 0.25) is 0 Å². The first-order chi connectivity index (χ1) is 12.0. The van der Waals surface area contributed by atoms with Crippen LogP contribution in [-0.2, 0) is 4.79 Å². The molecule has 0 aliphatic carbocycles. The monoisotopic (exact) mass is 378 g/mol. The lowest BCUT2D eigenvalue weighted by atomic mass is 9.97. The fourth-order valence-corrected chi connectivity index (χ4v) is 2.59. The van der Waals surface area contributed by atoms with Gasteiger partial charge in [-0.15, -0.1) is 12.4 Å². The van der Waals surface area contributed by atoms with E-state index in [2.05, 4.69) is 5.32 Å². The van der Waals surface area contributed by atoms with Crippen molar-refractivity contribution >= 4 is 18.3 Å². The highest BCUT2D eigenvalue weighted by atomic mass is 35.5. The second-order valence-corrected chi connectivity index (χ2v) is 6.07. The fraction of sp³-hybridized carbons (Fsp3) is 0.350. The number of ether oxygens (including phenoxy) is 2. The molecule has 26 heavy (non-hydrogen) atoms. The van der Waals surface area contributed by atoms with Crippen molar-refractivity contribution in [1.29, 1.82) is 0 Å². The molecule has 0 fully saturated rings. The molecule has 1 amide bonds. The molecule has 2 aromatic carbocycles. The van der Waals surface area contributed by atoms with Crippen LogP contribution in [0.25, 0.3) is 0 Å². The number of hydrogen-bond acceptors (Lipinski definition) is 4. The Bertz CT molecular complexity index is 659. The van der Waals surface area contributed by atoms with Crippen molar-refractivity contribution < 1.29 is 14.3 Å². The number of carbonyl (C=O) groups excluding carboxylic acids is 1. The lowest BCUT2D eigenvalue weighted by Crippen LogP contribution is -2.30. The summed E-state index contributed by atoms with van der Waals surface area (Å²) >= 11 is 0. The predicted molar refractivity (Wildman–Crippen MR) is 106 cm³/mol. The van der Waals surface area contributed by atoms with Gasteiger partial charge >= 0.3 is 0 Å². The van der Waals surface area contributed by atoms with E-state index in [1.54, 1.807) is 14.2 Å². The maximum absolute atomic E-state index is 12.4. The van der Waals surface area contributed by atoms with Crippen LogP contribution in [0.15, 0.2) is 48.5 Å². The van der Waals surface area contributed by atoms with Crippen LogP contribution in [0.5, 0.6) is 11.5 Å². The largest absolute Gasteiger partial charge is 0.497 e. The van der Waals surface area contributed by atoms with Crippen molar-refractivity contribution in [3.8, 4) is 11.5 Å². The maximum atomic E-state index is 12.4. The van der Waals surface area contributed by atoms with Gasteiger partial charge in [-0.1, -0.05) is 24.3 Å². The average Bonchev–Trinajstić information content (AvgIpc) is 2.64. The number of methoxy groups -OCH3 is 2. The Labute approximate surface area is 161 Å². The van der Waals surface area contributed by atoms with E-state index in [1.807, 2.05) is 55.5 Å². The van der Waals surface area contributed by atoms with Gasteiger partial charge in [-0.3, -0.25) is 4.79 Å². The number of benzene rings is 2. The number of rotatable bonds is 8. The third kappa shape index (κ3) is 6.24. The van der Waals surface area contributed by atoms with Gasteiger partial charge < -0.3 is 20.5 Å². The van der Waals surface area contributed by atoms with E-state index in [-0.39, 0.29) is 30.4 Å². The van der Waals surface area contributed by atoms with Crippen LogP contribution >= 0.6 is 12.4 Å². The smallest absolute Gasteiger partial charge is 0.220 e. The molecule has 0 saturated carbocycles. The normalized spacial score (nSPS) is 11.4. The number of nitrogens with two attached hydrogens (primary N) is 1. The van der Waals surface area contributed by atoms with Gasteiger partial charge in [0, 0.05) is 12.5 Å². The van der Waals surface area contributed by atoms with Crippen LogP contribution in [0.1, 0.15) is 36.9 Å². The van der Waals surface area contributed by atoms with E-state index in [4.69, 9.17) is 15.2 Å². The summed E-state index contributed by atoms with van der Waals surface area (Å²) in [6.07, 6.45) is 1.04. The number of hydrogen-bond donors (Lipinski definition) is 2. The van der Waals surface area contributed by atoms with Crippen LogP contribution < -0.4 is 20.5 Å². The summed E-state index contributed by atoms with van der Waals surface area (Å²) in [4.78, 5) is 12.4. The highest BCUT2D eigenvalue weighted by Crippen LogP contribution is 2.27. The molecule has 1 unspecified atom stereocenters. The standard InChI is InChI=1S/C20H26N2O3.ClH/c1-14(21)10-11-19(23)22-20(15-6-4-8-17(12-15)24-2)16-7-5-9-18(13-16)25-3;/h4-9,12-14,20H,10-11,21H2,1-3H3,(H,22,23);1H. The molecule has 0 spiro atoms. The molecule has 0 aliphatic rings. The zero-order valence-corrected chi connectivity index (χ0v) is 16.2. The summed E-state index contributed by atoms with van der Waals surface area (Å²) in [5.41, 5.74) is 7.65. The Morgan fingerprint density at radius 2 is 1.54 bits per heavy atom. The van der Waals surface area contributed by atoms with Gasteiger partial charge in [0.1, 0.15) is 11.5 Å². The summed E-state index contributed by atoms with van der Waals surface area (Å²) in [7, 11) is 3.25. The molecule has 3 N–H and O–H groups in total. The molecular formula is C20H27ClN2O3. The van der Waals surface area contributed by atoms with E-state index in [9.17, 15) is 4.79 Å². The zero-order chi connectivity index (χ0) is 18.2. The molecule has 1 atom stereocenters. The number of amides is 1. The lowest BCUT2D eigenvalue weighted by molar-refractivity contribution is -0.121. The van der Waals surface area contributed by atoms with Crippen LogP contribution in [0, 0.1) is 0 Å². The predicted octanol–water partition coefficient (Wildman–Crippen LogP) is 3.46. The van der Waals surface area contributed by atoms with Crippen molar-refractivity contribution in [2.45, 2.75) is 31.8 Å². The average molecular weight is 379 g/mol. The topological polar surface area (TPSA) is 73.6 Å². The fourth-order valence-electron chi connectivity index (χ4n) is 2.59. The zero-order valence-electron chi connectivity index (χ0n) is 15.4. The molecular weight excluding hydrogens is 352 g/mol. The second kappa shape index (κ2) is 10.7. The Hall–Kier alpha value is -2.24. The Balaban J connectivity index is 0.00000338. The SMILES string of the molecule is COc1cccc(C(NC(=O)CCC(C)N)c2cccc(OC)c2)c1.Cl. The minimum Gasteiger partial charge on any atom is -0.497 e. The van der Waals surface area contributed by atoms with Gasteiger partial charge in [-0.2, -0.15) is 0 Å². The molecule has 0 radical (unpaired) electrons. The first-order valence-electron chi connectivity index (χ1n) is 8.36. The van der Waals surface area contributed by atoms with Crippen LogP contribution in [0.4, 0.5) is 0 Å². The van der Waals surface area contributed by atoms with Gasteiger partial charge in [0.25, 0.3) is 0 Å². The van der Waals surface area contributed by atoms with E-state index in [0.717, 1.165) is 22.6 Å². The molecule has 0 saturated heterocycles. The number of nitrogens with one attached hydrogen (secondary N) is 1. The molecule has 0 aliphatic heterocycles. The Kier molecular flexibility index (Phi) is 8.96. The van der Waals surface area contributed by atoms with Crippen molar-refractivity contribution in [3.63, 3.8) is 0 Å². The van der Waals surface area contributed by atoms with Gasteiger partial charge in [0.2, 0.25) is 5.91 Å². The van der Waals surface area contributed by atoms with Gasteiger partial charge in [-0.25, -0.2) is 0 Å². The molecule has 142 valence electrons. The van der Waals surface area contributed by atoms with Crippen molar-refractivity contribution in [2.75, 3.05) is 14.2 Å². The lowest BCUT2D eigenvalue weighted by Gasteiger charge is -2.21. The summed E-state index contributed by atoms with van der Waals surface area (Å²) in [5, 5.41) is 3.10. The maximum Gasteiger partial charge on any atom is 0.220 e. The summed E-state index contributed by atoms with van der Waals surface area (Å²) in [6.45, 7) is 1.90. The summed E-state index contributed by atoms with van der Waals surface area (Å²) < 4.78 is 10.6. The van der Waals surface area contributed by atoms with Crippen molar-refractivity contribution in [1.82, 2.24) is 5.32 Å². The van der Waals surface area contributed by atoms with Gasteiger partial charge in [-0.05, 0) is 48.7 Å². The first-order valence-corrected chi connectivity index (χ1v) is 8.36. The van der Waals surface area contributed by atoms with Crippen molar-refractivity contribution in [2.24, 2.45) is 5.73 Å². The van der Waals surface area contributed by atoms with Crippen molar-refractivity contribution in [3.05, 3.63) is 59.7 Å². The van der Waals surface area contributed by atoms with E-state index >= 15 is 0 Å². The van der Waals surface area contributed by atoms with E-state index in [1.165, 1.54) is 0 Å². The third-order valence-electron chi connectivity index (χ3n) is 3.99. The Morgan fingerprint density at radius 1 is 1.04 bits per heavy atom. The summed E-state index contributed by atoms with van der Waals surface area (Å²) in [5.74, 6) is 1.46. The highest BCUT2D eigenvalue weighted by Gasteiger charge is 2.18. The molecule has 0 heterocycles. The molecule has 5 nitrogen and oxygen atoms in total. The first kappa shape index (κ1) is 21.8. The van der Waals surface area contributed by atoms with E-state index in [0.29, 0.717) is 12.8 Å². The minimum absolute atomic E-state index is 0. The second-order valence-electron chi connectivity index (χ2n) is 6.07. The molecule has 0 aromatic heterocycles. The minimum atomic E-state index is -0.286. The highest BCUT2D eigenvalue weighted by molar-refractivity contribution is 5.85. The molecule has 2 rings (SSSR count). The molecule has 6 heteroatoms. The number of halogens is 1. The quantitative estimate of drug-likeness (QED) is 0.737.